The molecule has 1 rings (SSSR count). The van der Waals surface area contributed by atoms with Crippen molar-refractivity contribution >= 4 is 21.9 Å². The standard InChI is InChI=1S/C11H12BrF2NO2/c1-3-17-10(16)5-8-6(2)7(12)4-9(15-8)11(13)14/h4,11H,3,5H2,1-2H3. The molecule has 0 fully saturated rings. The number of carbonyl (C=O) groups is 1. The van der Waals surface area contributed by atoms with E-state index in [4.69, 9.17) is 4.74 Å². The van der Waals surface area contributed by atoms with E-state index in [1.165, 1.54) is 6.07 Å². The number of esters is 1. The van der Waals surface area contributed by atoms with Gasteiger partial charge in [-0.25, -0.2) is 8.78 Å². The minimum atomic E-state index is -2.66. The second-order valence-corrected chi connectivity index (χ2v) is 4.24. The van der Waals surface area contributed by atoms with Crippen LogP contribution >= 0.6 is 15.9 Å². The largest absolute Gasteiger partial charge is 0.466 e. The quantitative estimate of drug-likeness (QED) is 0.802. The number of aromatic nitrogens is 1. The number of hydrogen-bond donors (Lipinski definition) is 0. The highest BCUT2D eigenvalue weighted by Crippen LogP contribution is 2.25. The second kappa shape index (κ2) is 6.05. The van der Waals surface area contributed by atoms with Gasteiger partial charge in [0.05, 0.1) is 18.7 Å². The monoisotopic (exact) mass is 307 g/mol. The van der Waals surface area contributed by atoms with Crippen LogP contribution in [0, 0.1) is 6.92 Å². The predicted octanol–water partition coefficient (Wildman–Crippen LogP) is 3.20. The first-order valence-corrected chi connectivity index (χ1v) is 5.84. The average molecular weight is 308 g/mol. The number of rotatable bonds is 4. The topological polar surface area (TPSA) is 39.2 Å². The van der Waals surface area contributed by atoms with E-state index < -0.39 is 12.4 Å². The van der Waals surface area contributed by atoms with Gasteiger partial charge in [-0.1, -0.05) is 15.9 Å². The summed E-state index contributed by atoms with van der Waals surface area (Å²) in [5.41, 5.74) is 0.636. The Bertz CT molecular complexity index is 424. The zero-order valence-corrected chi connectivity index (χ0v) is 11.1. The summed E-state index contributed by atoms with van der Waals surface area (Å²) in [6, 6.07) is 1.26. The van der Waals surface area contributed by atoms with Crippen LogP contribution in [0.25, 0.3) is 0 Å². The molecule has 6 heteroatoms. The van der Waals surface area contributed by atoms with Crippen LogP contribution < -0.4 is 0 Å². The molecule has 94 valence electrons. The van der Waals surface area contributed by atoms with Crippen LogP contribution in [0.2, 0.25) is 0 Å². The molecule has 0 unspecified atom stereocenters. The van der Waals surface area contributed by atoms with Crippen molar-refractivity contribution < 1.29 is 18.3 Å². The Hall–Kier alpha value is -1.04. The smallest absolute Gasteiger partial charge is 0.311 e. The van der Waals surface area contributed by atoms with Crippen LogP contribution in [-0.2, 0) is 16.0 Å². The summed E-state index contributed by atoms with van der Waals surface area (Å²) in [5, 5.41) is 0. The number of carbonyl (C=O) groups excluding carboxylic acids is 1. The molecule has 17 heavy (non-hydrogen) atoms. The third kappa shape index (κ3) is 3.73. The van der Waals surface area contributed by atoms with Crippen molar-refractivity contribution in [3.05, 3.63) is 27.5 Å². The molecule has 0 bridgehead atoms. The Balaban J connectivity index is 3.01. The van der Waals surface area contributed by atoms with Crippen molar-refractivity contribution in [2.24, 2.45) is 0 Å². The Morgan fingerprint density at radius 2 is 2.24 bits per heavy atom. The Morgan fingerprint density at radius 3 is 2.76 bits per heavy atom. The van der Waals surface area contributed by atoms with E-state index in [1.54, 1.807) is 13.8 Å². The zero-order chi connectivity index (χ0) is 13.0. The molecule has 0 saturated heterocycles. The maximum absolute atomic E-state index is 12.5. The molecule has 0 aliphatic carbocycles. The highest BCUT2D eigenvalue weighted by Gasteiger charge is 2.16. The van der Waals surface area contributed by atoms with Gasteiger partial charge in [-0.2, -0.15) is 0 Å². The Morgan fingerprint density at radius 1 is 1.59 bits per heavy atom. The van der Waals surface area contributed by atoms with Crippen LogP contribution in [0.1, 0.15) is 30.3 Å². The molecule has 1 aromatic rings. The molecule has 0 saturated carbocycles. The molecule has 0 spiro atoms. The van der Waals surface area contributed by atoms with E-state index in [1.807, 2.05) is 0 Å². The van der Waals surface area contributed by atoms with Crippen LogP contribution in [0.3, 0.4) is 0 Å². The average Bonchev–Trinajstić information content (AvgIpc) is 2.24. The van der Waals surface area contributed by atoms with E-state index in [0.29, 0.717) is 15.7 Å². The van der Waals surface area contributed by atoms with Crippen LogP contribution in [-0.4, -0.2) is 17.6 Å². The van der Waals surface area contributed by atoms with Crippen LogP contribution in [0.5, 0.6) is 0 Å². The van der Waals surface area contributed by atoms with E-state index in [9.17, 15) is 13.6 Å². The van der Waals surface area contributed by atoms with Crippen molar-refractivity contribution in [3.8, 4) is 0 Å². The number of ether oxygens (including phenoxy) is 1. The summed E-state index contributed by atoms with van der Waals surface area (Å²) in [6.07, 6.45) is -2.76. The molecule has 0 aromatic carbocycles. The molecule has 0 aliphatic heterocycles. The minimum Gasteiger partial charge on any atom is -0.466 e. The lowest BCUT2D eigenvalue weighted by Gasteiger charge is -2.09. The van der Waals surface area contributed by atoms with E-state index in [-0.39, 0.29) is 18.7 Å². The lowest BCUT2D eigenvalue weighted by molar-refractivity contribution is -0.142. The molecule has 3 nitrogen and oxygen atoms in total. The summed E-state index contributed by atoms with van der Waals surface area (Å²) < 4.78 is 30.4. The maximum Gasteiger partial charge on any atom is 0.311 e. The molecule has 0 aliphatic rings. The van der Waals surface area contributed by atoms with Crippen molar-refractivity contribution in [1.82, 2.24) is 4.98 Å². The molecule has 0 amide bonds. The first kappa shape index (κ1) is 14.0. The Labute approximate surface area is 106 Å². The van der Waals surface area contributed by atoms with Gasteiger partial charge in [-0.3, -0.25) is 9.78 Å². The van der Waals surface area contributed by atoms with Crippen molar-refractivity contribution in [2.75, 3.05) is 6.61 Å². The van der Waals surface area contributed by atoms with Gasteiger partial charge in [-0.05, 0) is 25.5 Å². The molecule has 0 radical (unpaired) electrons. The van der Waals surface area contributed by atoms with Gasteiger partial charge in [0.2, 0.25) is 0 Å². The molecule has 0 atom stereocenters. The highest BCUT2D eigenvalue weighted by molar-refractivity contribution is 9.10. The van der Waals surface area contributed by atoms with Crippen molar-refractivity contribution in [1.29, 1.82) is 0 Å². The summed E-state index contributed by atoms with van der Waals surface area (Å²) in [6.45, 7) is 3.65. The van der Waals surface area contributed by atoms with E-state index in [0.717, 1.165) is 0 Å². The van der Waals surface area contributed by atoms with Gasteiger partial charge in [0.15, 0.2) is 0 Å². The van der Waals surface area contributed by atoms with Crippen molar-refractivity contribution in [2.45, 2.75) is 26.7 Å². The van der Waals surface area contributed by atoms with E-state index >= 15 is 0 Å². The first-order chi connectivity index (χ1) is 7.95. The highest BCUT2D eigenvalue weighted by atomic mass is 79.9. The Kier molecular flexibility index (Phi) is 4.99. The number of alkyl halides is 2. The lowest BCUT2D eigenvalue weighted by atomic mass is 10.1. The first-order valence-electron chi connectivity index (χ1n) is 5.05. The lowest BCUT2D eigenvalue weighted by Crippen LogP contribution is -2.11. The van der Waals surface area contributed by atoms with Gasteiger partial charge in [0.1, 0.15) is 5.69 Å². The number of halogens is 3. The minimum absolute atomic E-state index is 0.0984. The summed E-state index contributed by atoms with van der Waals surface area (Å²) in [7, 11) is 0. The van der Waals surface area contributed by atoms with Crippen LogP contribution in [0.15, 0.2) is 10.5 Å². The SMILES string of the molecule is CCOC(=O)Cc1nc(C(F)F)cc(Br)c1C. The van der Waals surface area contributed by atoms with Gasteiger partial charge in [0, 0.05) is 4.47 Å². The predicted molar refractivity (Wildman–Crippen MR) is 62.0 cm³/mol. The van der Waals surface area contributed by atoms with Gasteiger partial charge < -0.3 is 4.74 Å². The fourth-order valence-electron chi connectivity index (χ4n) is 1.28. The van der Waals surface area contributed by atoms with Crippen LogP contribution in [0.4, 0.5) is 8.78 Å². The summed E-state index contributed by atoms with van der Waals surface area (Å²) in [5.74, 6) is -0.471. The molecule has 1 aromatic heterocycles. The maximum atomic E-state index is 12.5. The molecule has 0 N–H and O–H groups in total. The summed E-state index contributed by atoms with van der Waals surface area (Å²) >= 11 is 3.17. The normalized spacial score (nSPS) is 10.7. The fraction of sp³-hybridized carbons (Fsp3) is 0.455. The third-order valence-corrected chi connectivity index (χ3v) is 2.99. The van der Waals surface area contributed by atoms with Gasteiger partial charge in [0.25, 0.3) is 6.43 Å². The van der Waals surface area contributed by atoms with Gasteiger partial charge >= 0.3 is 5.97 Å². The molecular formula is C11H12BrF2NO2. The zero-order valence-electron chi connectivity index (χ0n) is 9.47. The molecule has 1 heterocycles. The van der Waals surface area contributed by atoms with Crippen molar-refractivity contribution in [3.63, 3.8) is 0 Å². The summed E-state index contributed by atoms with van der Waals surface area (Å²) in [4.78, 5) is 15.1. The molecular weight excluding hydrogens is 296 g/mol. The fourth-order valence-corrected chi connectivity index (χ4v) is 1.74. The number of hydrogen-bond acceptors (Lipinski definition) is 3. The second-order valence-electron chi connectivity index (χ2n) is 3.38. The number of nitrogens with zero attached hydrogens (tertiary/aromatic N) is 1. The van der Waals surface area contributed by atoms with Gasteiger partial charge in [-0.15, -0.1) is 0 Å². The van der Waals surface area contributed by atoms with E-state index in [2.05, 4.69) is 20.9 Å². The number of pyridine rings is 1. The third-order valence-electron chi connectivity index (χ3n) is 2.17.